The van der Waals surface area contributed by atoms with Crippen LogP contribution in [-0.2, 0) is 13.6 Å². The van der Waals surface area contributed by atoms with Crippen LogP contribution in [-0.4, -0.2) is 24.3 Å². The van der Waals surface area contributed by atoms with Gasteiger partial charge in [-0.3, -0.25) is 13.8 Å². The van der Waals surface area contributed by atoms with E-state index in [0.717, 1.165) is 0 Å². The number of hydrogen-bond acceptors (Lipinski definition) is 7. The first-order valence-electron chi connectivity index (χ1n) is 10.3. The van der Waals surface area contributed by atoms with E-state index in [1.807, 2.05) is 0 Å². The Morgan fingerprint density at radius 2 is 1.70 bits per heavy atom. The lowest BCUT2D eigenvalue weighted by Gasteiger charge is -2.19. The van der Waals surface area contributed by atoms with Crippen molar-refractivity contribution in [3.05, 3.63) is 76.5 Å². The topological polar surface area (TPSA) is 112 Å². The molecule has 33 heavy (non-hydrogen) atoms. The van der Waals surface area contributed by atoms with Crippen LogP contribution in [0, 0.1) is 0 Å². The molecular weight excluding hydrogens is 447 g/mol. The summed E-state index contributed by atoms with van der Waals surface area (Å²) in [6.07, 6.45) is 0. The smallest absolute Gasteiger partial charge is 0.478 e. The molecule has 9 heteroatoms. The molecule has 1 aliphatic heterocycles. The van der Waals surface area contributed by atoms with Gasteiger partial charge in [-0.15, -0.1) is 0 Å². The van der Waals surface area contributed by atoms with E-state index >= 15 is 0 Å². The SMILES string of the molecule is CCOP(=O)(OCC)Oc1ccc2c(-c3ccccc3C(=O)O)c3ccc(=O)cc-3oc2c1. The van der Waals surface area contributed by atoms with Gasteiger partial charge in [0.05, 0.1) is 18.8 Å². The summed E-state index contributed by atoms with van der Waals surface area (Å²) in [4.78, 5) is 23.9. The van der Waals surface area contributed by atoms with Crippen molar-refractivity contribution in [2.45, 2.75) is 13.8 Å². The third-order valence-corrected chi connectivity index (χ3v) is 6.47. The summed E-state index contributed by atoms with van der Waals surface area (Å²) < 4.78 is 34.6. The van der Waals surface area contributed by atoms with Crippen LogP contribution < -0.4 is 9.95 Å². The highest BCUT2D eigenvalue weighted by Gasteiger charge is 2.28. The lowest BCUT2D eigenvalue weighted by molar-refractivity contribution is 0.0697. The highest BCUT2D eigenvalue weighted by Crippen LogP contribution is 2.50. The summed E-state index contributed by atoms with van der Waals surface area (Å²) in [5.74, 6) is -0.630. The summed E-state index contributed by atoms with van der Waals surface area (Å²) >= 11 is 0. The molecule has 2 aromatic rings. The Bertz CT molecular complexity index is 1400. The molecule has 8 nitrogen and oxygen atoms in total. The van der Waals surface area contributed by atoms with Gasteiger partial charge in [-0.25, -0.2) is 9.36 Å². The maximum Gasteiger partial charge on any atom is 0.530 e. The van der Waals surface area contributed by atoms with Gasteiger partial charge in [0.2, 0.25) is 0 Å². The monoisotopic (exact) mass is 468 g/mol. The van der Waals surface area contributed by atoms with Crippen LogP contribution in [0.3, 0.4) is 0 Å². The molecule has 0 fully saturated rings. The molecular formula is C24H21O8P. The van der Waals surface area contributed by atoms with E-state index in [4.69, 9.17) is 18.0 Å². The number of carboxylic acids is 1. The number of phosphoric acid groups is 1. The molecule has 4 rings (SSSR count). The van der Waals surface area contributed by atoms with Crippen LogP contribution in [0.4, 0.5) is 0 Å². The molecule has 0 radical (unpaired) electrons. The van der Waals surface area contributed by atoms with Crippen LogP contribution >= 0.6 is 7.82 Å². The van der Waals surface area contributed by atoms with Crippen molar-refractivity contribution in [1.82, 2.24) is 0 Å². The summed E-state index contributed by atoms with van der Waals surface area (Å²) in [6, 6.07) is 15.7. The predicted octanol–water partition coefficient (Wildman–Crippen LogP) is 5.82. The number of carbonyl (C=O) groups is 1. The average Bonchev–Trinajstić information content (AvgIpc) is 2.77. The van der Waals surface area contributed by atoms with Gasteiger partial charge in [0, 0.05) is 28.6 Å². The zero-order valence-corrected chi connectivity index (χ0v) is 18.8. The van der Waals surface area contributed by atoms with Crippen LogP contribution in [0.25, 0.3) is 33.4 Å². The third-order valence-electron chi connectivity index (χ3n) is 4.88. The average molecular weight is 468 g/mol. The Labute approximate surface area is 189 Å². The first-order chi connectivity index (χ1) is 15.8. The molecule has 0 aromatic heterocycles. The van der Waals surface area contributed by atoms with Crippen molar-refractivity contribution in [3.8, 4) is 28.2 Å². The zero-order valence-electron chi connectivity index (χ0n) is 17.9. The Kier molecular flexibility index (Phi) is 6.33. The highest BCUT2D eigenvalue weighted by atomic mass is 31.2. The van der Waals surface area contributed by atoms with Crippen molar-refractivity contribution in [1.29, 1.82) is 0 Å². The second kappa shape index (κ2) is 9.19. The molecule has 0 amide bonds. The molecule has 0 saturated heterocycles. The molecule has 0 bridgehead atoms. The fraction of sp³-hybridized carbons (Fsp3) is 0.167. The van der Waals surface area contributed by atoms with E-state index in [1.54, 1.807) is 50.2 Å². The quantitative estimate of drug-likeness (QED) is 0.254. The minimum Gasteiger partial charge on any atom is -0.478 e. The number of phosphoric ester groups is 1. The molecule has 0 atom stereocenters. The largest absolute Gasteiger partial charge is 0.530 e. The lowest BCUT2D eigenvalue weighted by Crippen LogP contribution is -2.04. The van der Waals surface area contributed by atoms with E-state index < -0.39 is 13.8 Å². The van der Waals surface area contributed by atoms with Crippen LogP contribution in [0.5, 0.6) is 5.75 Å². The second-order valence-electron chi connectivity index (χ2n) is 7.02. The van der Waals surface area contributed by atoms with Crippen LogP contribution in [0.15, 0.2) is 69.9 Å². The number of fused-ring (bicyclic) bond motifs is 2. The van der Waals surface area contributed by atoms with E-state index in [9.17, 15) is 19.3 Å². The number of benzene rings is 3. The molecule has 2 aromatic carbocycles. The first kappa shape index (κ1) is 22.7. The highest BCUT2D eigenvalue weighted by molar-refractivity contribution is 7.48. The van der Waals surface area contributed by atoms with Crippen molar-refractivity contribution in [3.63, 3.8) is 0 Å². The standard InChI is InChI=1S/C24H21O8P/c1-3-29-33(28,30-4-2)32-16-10-12-20-22(14-16)31-21-13-15(25)9-11-19(21)23(20)17-7-5-6-8-18(17)24(26)27/h5-14H,3-4H2,1-2H3,(H,26,27). The van der Waals surface area contributed by atoms with Crippen molar-refractivity contribution in [2.75, 3.05) is 13.2 Å². The van der Waals surface area contributed by atoms with Gasteiger partial charge in [0.15, 0.2) is 5.43 Å². The molecule has 170 valence electrons. The Morgan fingerprint density at radius 1 is 0.970 bits per heavy atom. The summed E-state index contributed by atoms with van der Waals surface area (Å²) in [5, 5.41) is 10.3. The van der Waals surface area contributed by atoms with Gasteiger partial charge in [0.25, 0.3) is 0 Å². The van der Waals surface area contributed by atoms with Gasteiger partial charge in [-0.1, -0.05) is 18.2 Å². The maximum absolute atomic E-state index is 12.8. The Hall–Kier alpha value is -3.45. The number of aromatic carboxylic acids is 1. The molecule has 1 aliphatic carbocycles. The van der Waals surface area contributed by atoms with E-state index in [1.165, 1.54) is 24.3 Å². The lowest BCUT2D eigenvalue weighted by atomic mass is 9.91. The fourth-order valence-corrected chi connectivity index (χ4v) is 4.80. The van der Waals surface area contributed by atoms with E-state index in [-0.39, 0.29) is 35.7 Å². The molecule has 2 aliphatic rings. The number of rotatable bonds is 8. The van der Waals surface area contributed by atoms with Crippen molar-refractivity contribution in [2.24, 2.45) is 0 Å². The van der Waals surface area contributed by atoms with Crippen molar-refractivity contribution < 1.29 is 32.5 Å². The summed E-state index contributed by atoms with van der Waals surface area (Å²) in [6.45, 7) is 3.59. The summed E-state index contributed by atoms with van der Waals surface area (Å²) in [5.41, 5.74) is 1.80. The number of hydrogen-bond donors (Lipinski definition) is 1. The molecule has 0 saturated carbocycles. The molecule has 0 unspecified atom stereocenters. The second-order valence-corrected chi connectivity index (χ2v) is 8.61. The van der Waals surface area contributed by atoms with Gasteiger partial charge in [-0.2, -0.15) is 0 Å². The van der Waals surface area contributed by atoms with Crippen LogP contribution in [0.1, 0.15) is 24.2 Å². The third kappa shape index (κ3) is 4.54. The molecule has 0 spiro atoms. The van der Waals surface area contributed by atoms with E-state index in [0.29, 0.717) is 27.7 Å². The van der Waals surface area contributed by atoms with Gasteiger partial charge >= 0.3 is 13.8 Å². The Morgan fingerprint density at radius 3 is 2.39 bits per heavy atom. The predicted molar refractivity (Wildman–Crippen MR) is 123 cm³/mol. The molecule has 1 heterocycles. The Balaban J connectivity index is 1.97. The number of carboxylic acid groups (broad SMARTS) is 1. The minimum absolute atomic E-state index is 0.106. The van der Waals surface area contributed by atoms with Gasteiger partial charge in [-0.05, 0) is 49.7 Å². The fourth-order valence-electron chi connectivity index (χ4n) is 3.62. The maximum atomic E-state index is 12.8. The van der Waals surface area contributed by atoms with E-state index in [2.05, 4.69) is 0 Å². The molecule has 1 N–H and O–H groups in total. The first-order valence-corrected chi connectivity index (χ1v) is 11.7. The summed E-state index contributed by atoms with van der Waals surface area (Å²) in [7, 11) is -3.84. The normalized spacial score (nSPS) is 11.7. The minimum atomic E-state index is -3.84. The van der Waals surface area contributed by atoms with Crippen LogP contribution in [0.2, 0.25) is 0 Å². The van der Waals surface area contributed by atoms with Gasteiger partial charge < -0.3 is 14.0 Å². The zero-order chi connectivity index (χ0) is 23.6. The van der Waals surface area contributed by atoms with Crippen molar-refractivity contribution >= 4 is 24.8 Å². The van der Waals surface area contributed by atoms with Gasteiger partial charge in [0.1, 0.15) is 17.1 Å².